The number of sulfone groups is 1. The minimum Gasteiger partial charge on any atom is -0.480 e. The van der Waals surface area contributed by atoms with Gasteiger partial charge in [-0.15, -0.1) is 0 Å². The van der Waals surface area contributed by atoms with E-state index in [0.29, 0.717) is 12.8 Å². The van der Waals surface area contributed by atoms with Gasteiger partial charge in [0.05, 0.1) is 5.25 Å². The smallest absolute Gasteiger partial charge is 0.326 e. The minimum atomic E-state index is -3.54. The summed E-state index contributed by atoms with van der Waals surface area (Å²) in [5.41, 5.74) is 0.761. The summed E-state index contributed by atoms with van der Waals surface area (Å²) in [5, 5.41) is 8.77. The molecule has 24 heavy (non-hydrogen) atoms. The third kappa shape index (κ3) is 4.56. The molecule has 2 rings (SSSR count). The lowest BCUT2D eigenvalue weighted by Crippen LogP contribution is -2.46. The van der Waals surface area contributed by atoms with Crippen molar-refractivity contribution in [2.45, 2.75) is 50.4 Å². The summed E-state index contributed by atoms with van der Waals surface area (Å²) in [6, 6.07) is 7.87. The maximum Gasteiger partial charge on any atom is 0.326 e. The first kappa shape index (κ1) is 18.4. The Kier molecular flexibility index (Phi) is 5.99. The van der Waals surface area contributed by atoms with Crippen molar-refractivity contribution in [2.75, 3.05) is 5.75 Å². The van der Waals surface area contributed by atoms with Crippen LogP contribution in [0.15, 0.2) is 30.3 Å². The largest absolute Gasteiger partial charge is 0.480 e. The summed E-state index contributed by atoms with van der Waals surface area (Å²) in [4.78, 5) is 25.0. The van der Waals surface area contributed by atoms with Crippen molar-refractivity contribution in [3.63, 3.8) is 0 Å². The van der Waals surface area contributed by atoms with Crippen molar-refractivity contribution in [1.29, 1.82) is 0 Å². The number of carbonyl (C=O) groups is 2. The van der Waals surface area contributed by atoms with E-state index >= 15 is 0 Å². The van der Waals surface area contributed by atoms with Gasteiger partial charge in [-0.25, -0.2) is 13.2 Å². The van der Waals surface area contributed by atoms with Crippen molar-refractivity contribution in [2.24, 2.45) is 0 Å². The van der Waals surface area contributed by atoms with Gasteiger partial charge in [0.1, 0.15) is 11.8 Å². The standard InChI is InChI=1S/C17H23NO5S/c1-13(17(20)21)18(11-14-7-3-2-4-8-14)16(19)12-24(22,23)15-9-5-6-10-15/h2-4,7-8,13,15H,5-6,9-12H2,1H3,(H,20,21). The van der Waals surface area contributed by atoms with Crippen LogP contribution in [0, 0.1) is 0 Å². The van der Waals surface area contributed by atoms with Crippen molar-refractivity contribution in [1.82, 2.24) is 4.90 Å². The Bertz CT molecular complexity index is 680. The molecule has 0 radical (unpaired) electrons. The van der Waals surface area contributed by atoms with E-state index in [4.69, 9.17) is 0 Å². The van der Waals surface area contributed by atoms with Crippen LogP contribution < -0.4 is 0 Å². The van der Waals surface area contributed by atoms with E-state index in [1.54, 1.807) is 24.3 Å². The molecule has 0 heterocycles. The predicted octanol–water partition coefficient (Wildman–Crippen LogP) is 1.85. The lowest BCUT2D eigenvalue weighted by Gasteiger charge is -2.27. The number of rotatable bonds is 7. The summed E-state index contributed by atoms with van der Waals surface area (Å²) in [6.45, 7) is 1.47. The van der Waals surface area contributed by atoms with E-state index in [1.165, 1.54) is 6.92 Å². The second kappa shape index (κ2) is 7.79. The first-order chi connectivity index (χ1) is 11.3. The Morgan fingerprint density at radius 3 is 2.33 bits per heavy atom. The van der Waals surface area contributed by atoms with Gasteiger partial charge in [-0.3, -0.25) is 4.79 Å². The summed E-state index contributed by atoms with van der Waals surface area (Å²) in [5.74, 6) is -2.43. The molecular formula is C17H23NO5S. The van der Waals surface area contributed by atoms with E-state index in [1.807, 2.05) is 6.07 Å². The van der Waals surface area contributed by atoms with Crippen molar-refractivity contribution >= 4 is 21.7 Å². The Morgan fingerprint density at radius 2 is 1.79 bits per heavy atom. The zero-order valence-electron chi connectivity index (χ0n) is 13.7. The summed E-state index contributed by atoms with van der Waals surface area (Å²) < 4.78 is 24.8. The van der Waals surface area contributed by atoms with Crippen LogP contribution in [0.1, 0.15) is 38.2 Å². The average Bonchev–Trinajstić information content (AvgIpc) is 3.07. The number of aliphatic carboxylic acids is 1. The van der Waals surface area contributed by atoms with Crippen molar-refractivity contribution in [3.05, 3.63) is 35.9 Å². The average molecular weight is 353 g/mol. The topological polar surface area (TPSA) is 91.8 Å². The van der Waals surface area contributed by atoms with Crippen LogP contribution in [0.25, 0.3) is 0 Å². The van der Waals surface area contributed by atoms with E-state index in [-0.39, 0.29) is 6.54 Å². The van der Waals surface area contributed by atoms with Crippen LogP contribution in [0.3, 0.4) is 0 Å². The van der Waals surface area contributed by atoms with E-state index in [0.717, 1.165) is 23.3 Å². The van der Waals surface area contributed by atoms with Crippen LogP contribution >= 0.6 is 0 Å². The highest BCUT2D eigenvalue weighted by Crippen LogP contribution is 2.25. The molecule has 1 aromatic rings. The molecular weight excluding hydrogens is 330 g/mol. The number of hydrogen-bond donors (Lipinski definition) is 1. The second-order valence-electron chi connectivity index (χ2n) is 6.24. The molecule has 1 aromatic carbocycles. The number of amides is 1. The first-order valence-corrected chi connectivity index (χ1v) is 9.80. The van der Waals surface area contributed by atoms with Crippen LogP contribution in [0.2, 0.25) is 0 Å². The maximum absolute atomic E-state index is 12.5. The van der Waals surface area contributed by atoms with Gasteiger partial charge >= 0.3 is 5.97 Å². The molecule has 1 atom stereocenters. The first-order valence-electron chi connectivity index (χ1n) is 8.09. The Hall–Kier alpha value is -1.89. The molecule has 1 fully saturated rings. The van der Waals surface area contributed by atoms with Gasteiger partial charge in [-0.1, -0.05) is 43.2 Å². The van der Waals surface area contributed by atoms with E-state index < -0.39 is 38.8 Å². The van der Waals surface area contributed by atoms with Gasteiger partial charge < -0.3 is 10.0 Å². The molecule has 0 spiro atoms. The molecule has 1 aliphatic carbocycles. The SMILES string of the molecule is CC(C(=O)O)N(Cc1ccccc1)C(=O)CS(=O)(=O)C1CCCC1. The zero-order chi connectivity index (χ0) is 17.7. The van der Waals surface area contributed by atoms with Crippen molar-refractivity contribution in [3.8, 4) is 0 Å². The van der Waals surface area contributed by atoms with Crippen LogP contribution in [0.5, 0.6) is 0 Å². The number of benzene rings is 1. The molecule has 0 saturated heterocycles. The lowest BCUT2D eigenvalue weighted by molar-refractivity contribution is -0.149. The highest BCUT2D eigenvalue weighted by atomic mass is 32.2. The van der Waals surface area contributed by atoms with Crippen molar-refractivity contribution < 1.29 is 23.1 Å². The van der Waals surface area contributed by atoms with Crippen LogP contribution in [-0.2, 0) is 26.0 Å². The zero-order valence-corrected chi connectivity index (χ0v) is 14.5. The van der Waals surface area contributed by atoms with E-state index in [2.05, 4.69) is 0 Å². The quantitative estimate of drug-likeness (QED) is 0.807. The summed E-state index contributed by atoms with van der Waals surface area (Å²) in [7, 11) is -3.54. The Morgan fingerprint density at radius 1 is 1.21 bits per heavy atom. The molecule has 7 heteroatoms. The second-order valence-corrected chi connectivity index (χ2v) is 8.52. The lowest BCUT2D eigenvalue weighted by atomic mass is 10.2. The monoisotopic (exact) mass is 353 g/mol. The van der Waals surface area contributed by atoms with Gasteiger partial charge in [0.15, 0.2) is 9.84 Å². The molecule has 1 saturated carbocycles. The molecule has 1 unspecified atom stereocenters. The highest BCUT2D eigenvalue weighted by molar-refractivity contribution is 7.92. The predicted molar refractivity (Wildman–Crippen MR) is 90.1 cm³/mol. The molecule has 0 bridgehead atoms. The molecule has 1 aliphatic rings. The summed E-state index contributed by atoms with van der Waals surface area (Å²) >= 11 is 0. The fourth-order valence-electron chi connectivity index (χ4n) is 2.97. The fraction of sp³-hybridized carbons (Fsp3) is 0.529. The molecule has 0 aromatic heterocycles. The third-order valence-corrected chi connectivity index (χ3v) is 6.61. The van der Waals surface area contributed by atoms with Gasteiger partial charge in [0.2, 0.25) is 5.91 Å². The minimum absolute atomic E-state index is 0.0767. The molecule has 132 valence electrons. The highest BCUT2D eigenvalue weighted by Gasteiger charge is 2.34. The molecule has 1 amide bonds. The van der Waals surface area contributed by atoms with Gasteiger partial charge in [0.25, 0.3) is 0 Å². The molecule has 0 aliphatic heterocycles. The van der Waals surface area contributed by atoms with Crippen LogP contribution in [-0.4, -0.2) is 47.3 Å². The number of carbonyl (C=O) groups excluding carboxylic acids is 1. The molecule has 6 nitrogen and oxygen atoms in total. The van der Waals surface area contributed by atoms with Gasteiger partial charge in [-0.05, 0) is 25.3 Å². The maximum atomic E-state index is 12.5. The number of nitrogens with zero attached hydrogens (tertiary/aromatic N) is 1. The van der Waals surface area contributed by atoms with E-state index in [9.17, 15) is 23.1 Å². The normalized spacial score (nSPS) is 16.7. The van der Waals surface area contributed by atoms with Crippen LogP contribution in [0.4, 0.5) is 0 Å². The van der Waals surface area contributed by atoms with Gasteiger partial charge in [-0.2, -0.15) is 0 Å². The van der Waals surface area contributed by atoms with Gasteiger partial charge in [0, 0.05) is 6.54 Å². The fourth-order valence-corrected chi connectivity index (χ4v) is 4.77. The Labute approximate surface area is 142 Å². The summed E-state index contributed by atoms with van der Waals surface area (Å²) in [6.07, 6.45) is 2.89. The number of carboxylic acid groups (broad SMARTS) is 1. The number of carboxylic acids is 1. The number of hydrogen-bond acceptors (Lipinski definition) is 4. The molecule has 1 N–H and O–H groups in total. The third-order valence-electron chi connectivity index (χ3n) is 4.48. The Balaban J connectivity index is 2.16.